The van der Waals surface area contributed by atoms with Crippen LogP contribution in [0.15, 0.2) is 18.3 Å². The Hall–Kier alpha value is -2.23. The minimum atomic E-state index is -4.63. The van der Waals surface area contributed by atoms with Gasteiger partial charge in [-0.1, -0.05) is 0 Å². The molecule has 0 aromatic carbocycles. The second-order valence-electron chi connectivity index (χ2n) is 7.14. The number of carboxylic acid groups (broad SMARTS) is 1. The van der Waals surface area contributed by atoms with Gasteiger partial charge in [-0.05, 0) is 32.4 Å². The lowest BCUT2D eigenvalue weighted by atomic mass is 9.92. The minimum Gasteiger partial charge on any atom is -0.476 e. The minimum absolute atomic E-state index is 0.0711. The zero-order chi connectivity index (χ0) is 21.1. The van der Waals surface area contributed by atoms with Crippen LogP contribution in [0.1, 0.15) is 25.8 Å². The average Bonchev–Trinajstić information content (AvgIpc) is 2.61. The van der Waals surface area contributed by atoms with Gasteiger partial charge in [-0.25, -0.2) is 9.78 Å². The highest BCUT2D eigenvalue weighted by atomic mass is 35.5. The summed E-state index contributed by atoms with van der Waals surface area (Å²) in [7, 11) is 0. The number of alkyl halides is 4. The van der Waals surface area contributed by atoms with Crippen LogP contribution in [0.5, 0.6) is 5.88 Å². The topological polar surface area (TPSA) is 91.8 Å². The van der Waals surface area contributed by atoms with Crippen LogP contribution >= 0.6 is 11.6 Å². The maximum absolute atomic E-state index is 13.0. The molecule has 1 aromatic rings. The number of ether oxygens (including phenoxy) is 1. The van der Waals surface area contributed by atoms with Crippen molar-refractivity contribution < 1.29 is 32.6 Å². The molecule has 0 saturated carbocycles. The van der Waals surface area contributed by atoms with E-state index in [1.54, 1.807) is 0 Å². The van der Waals surface area contributed by atoms with E-state index in [0.717, 1.165) is 17.0 Å². The molecule has 2 rings (SSSR count). The Morgan fingerprint density at radius 1 is 1.43 bits per heavy atom. The van der Waals surface area contributed by atoms with Crippen molar-refractivity contribution in [1.82, 2.24) is 15.2 Å². The quantitative estimate of drug-likeness (QED) is 0.710. The zero-order valence-electron chi connectivity index (χ0n) is 15.3. The van der Waals surface area contributed by atoms with Crippen molar-refractivity contribution in [1.29, 1.82) is 0 Å². The normalized spacial score (nSPS) is 20.6. The van der Waals surface area contributed by atoms with Gasteiger partial charge in [0.2, 0.25) is 11.8 Å². The number of nitrogens with one attached hydrogen (secondary N) is 1. The summed E-state index contributed by atoms with van der Waals surface area (Å²) in [5, 5.41) is 11.1. The molecule has 1 saturated heterocycles. The van der Waals surface area contributed by atoms with Crippen LogP contribution in [0.3, 0.4) is 0 Å². The molecule has 0 radical (unpaired) electrons. The van der Waals surface area contributed by atoms with E-state index in [1.165, 1.54) is 20.0 Å². The molecule has 2 atom stereocenters. The Labute approximate surface area is 164 Å². The van der Waals surface area contributed by atoms with Gasteiger partial charge in [0.05, 0.1) is 10.8 Å². The average molecular weight is 424 g/mol. The van der Waals surface area contributed by atoms with Crippen molar-refractivity contribution in [2.45, 2.75) is 37.9 Å². The predicted octanol–water partition coefficient (Wildman–Crippen LogP) is 2.98. The molecular weight excluding hydrogens is 403 g/mol. The number of halogens is 4. The highest BCUT2D eigenvalue weighted by Crippen LogP contribution is 2.35. The first kappa shape index (κ1) is 22.1. The van der Waals surface area contributed by atoms with Crippen molar-refractivity contribution in [2.24, 2.45) is 5.41 Å². The number of likely N-dealkylation sites (tertiary alicyclic amines) is 1. The molecule has 0 spiro atoms. The molecule has 2 heterocycles. The number of hydrogen-bond donors (Lipinski definition) is 2. The highest BCUT2D eigenvalue weighted by molar-refractivity contribution is 6.21. The third-order valence-electron chi connectivity index (χ3n) is 4.39. The fourth-order valence-electron chi connectivity index (χ4n) is 2.64. The van der Waals surface area contributed by atoms with Gasteiger partial charge in [0.1, 0.15) is 12.2 Å². The molecule has 0 bridgehead atoms. The fraction of sp³-hybridized carbons (Fsp3) is 0.588. The molecule has 7 nitrogen and oxygen atoms in total. The summed E-state index contributed by atoms with van der Waals surface area (Å²) in [5.74, 6) is -1.06. The number of carbonyl (C=O) groups excluding carboxylic acids is 1. The summed E-state index contributed by atoms with van der Waals surface area (Å²) in [6, 6.07) is 1.55. The Bertz CT molecular complexity index is 730. The standard InChI is InChI=1S/C17H21ClF3N3O4/c1-16(2,9-28-13-10(17(19,20)21)4-3-6-22-13)14(25)23-12-5-7-24(15(26)27)8-11(12)18/h3-4,6,11-12H,5,7-9H2,1-2H3,(H,23,25)(H,26,27). The number of hydrogen-bond acceptors (Lipinski definition) is 4. The van der Waals surface area contributed by atoms with Crippen LogP contribution in [0, 0.1) is 5.41 Å². The first-order valence-corrected chi connectivity index (χ1v) is 8.93. The SMILES string of the molecule is CC(C)(COc1ncccc1C(F)(F)F)C(=O)NC1CCN(C(=O)O)CC1Cl. The zero-order valence-corrected chi connectivity index (χ0v) is 16.0. The van der Waals surface area contributed by atoms with Gasteiger partial charge < -0.3 is 20.1 Å². The van der Waals surface area contributed by atoms with Gasteiger partial charge in [-0.3, -0.25) is 4.79 Å². The lowest BCUT2D eigenvalue weighted by molar-refractivity contribution is -0.139. The van der Waals surface area contributed by atoms with Crippen molar-refractivity contribution in [3.8, 4) is 5.88 Å². The largest absolute Gasteiger partial charge is 0.476 e. The second-order valence-corrected chi connectivity index (χ2v) is 7.70. The van der Waals surface area contributed by atoms with Crippen LogP contribution < -0.4 is 10.1 Å². The van der Waals surface area contributed by atoms with E-state index in [4.69, 9.17) is 21.4 Å². The number of nitrogens with zero attached hydrogens (tertiary/aromatic N) is 2. The molecule has 1 aliphatic heterocycles. The number of carbonyl (C=O) groups is 2. The lowest BCUT2D eigenvalue weighted by Gasteiger charge is -2.36. The number of piperidine rings is 1. The van der Waals surface area contributed by atoms with Crippen LogP contribution in [0.25, 0.3) is 0 Å². The number of pyridine rings is 1. The summed E-state index contributed by atoms with van der Waals surface area (Å²) in [5.41, 5.74) is -2.19. The highest BCUT2D eigenvalue weighted by Gasteiger charge is 2.38. The second kappa shape index (κ2) is 8.42. The molecule has 2 unspecified atom stereocenters. The maximum atomic E-state index is 13.0. The van der Waals surface area contributed by atoms with E-state index < -0.39 is 46.5 Å². The Morgan fingerprint density at radius 2 is 2.11 bits per heavy atom. The van der Waals surface area contributed by atoms with Gasteiger partial charge >= 0.3 is 12.3 Å². The van der Waals surface area contributed by atoms with Gasteiger partial charge in [0.15, 0.2) is 0 Å². The lowest BCUT2D eigenvalue weighted by Crippen LogP contribution is -2.55. The van der Waals surface area contributed by atoms with Crippen molar-refractivity contribution >= 4 is 23.6 Å². The molecule has 1 aliphatic rings. The van der Waals surface area contributed by atoms with E-state index in [2.05, 4.69) is 10.3 Å². The molecule has 1 aromatic heterocycles. The smallest absolute Gasteiger partial charge is 0.421 e. The van der Waals surface area contributed by atoms with E-state index in [1.807, 2.05) is 0 Å². The van der Waals surface area contributed by atoms with Crippen LogP contribution in [-0.2, 0) is 11.0 Å². The molecule has 11 heteroatoms. The predicted molar refractivity (Wildman–Crippen MR) is 94.3 cm³/mol. The van der Waals surface area contributed by atoms with Crippen LogP contribution in [0.2, 0.25) is 0 Å². The van der Waals surface area contributed by atoms with E-state index in [9.17, 15) is 22.8 Å². The maximum Gasteiger partial charge on any atom is 0.421 e. The molecule has 0 aliphatic carbocycles. The summed E-state index contributed by atoms with van der Waals surface area (Å²) in [4.78, 5) is 28.3. The monoisotopic (exact) mass is 423 g/mol. The molecular formula is C17H21ClF3N3O4. The molecule has 156 valence electrons. The molecule has 2 amide bonds. The summed E-state index contributed by atoms with van der Waals surface area (Å²) < 4.78 is 44.2. The van der Waals surface area contributed by atoms with Crippen LogP contribution in [0.4, 0.5) is 18.0 Å². The third kappa shape index (κ3) is 5.40. The Kier molecular flexibility index (Phi) is 6.63. The van der Waals surface area contributed by atoms with Gasteiger partial charge in [-0.2, -0.15) is 13.2 Å². The van der Waals surface area contributed by atoms with E-state index in [0.29, 0.717) is 6.42 Å². The number of aromatic nitrogens is 1. The van der Waals surface area contributed by atoms with Crippen molar-refractivity contribution in [2.75, 3.05) is 19.7 Å². The fourth-order valence-corrected chi connectivity index (χ4v) is 3.00. The molecule has 1 fully saturated rings. The Morgan fingerprint density at radius 3 is 2.68 bits per heavy atom. The summed E-state index contributed by atoms with van der Waals surface area (Å²) in [6.07, 6.45) is -4.20. The molecule has 28 heavy (non-hydrogen) atoms. The number of rotatable bonds is 5. The third-order valence-corrected chi connectivity index (χ3v) is 4.83. The van der Waals surface area contributed by atoms with Crippen LogP contribution in [-0.4, -0.2) is 58.1 Å². The van der Waals surface area contributed by atoms with Gasteiger partial charge in [-0.15, -0.1) is 11.6 Å². The Balaban J connectivity index is 1.98. The van der Waals surface area contributed by atoms with Gasteiger partial charge in [0.25, 0.3) is 0 Å². The number of amides is 2. The summed E-state index contributed by atoms with van der Waals surface area (Å²) in [6.45, 7) is 3.01. The first-order chi connectivity index (χ1) is 12.9. The van der Waals surface area contributed by atoms with Gasteiger partial charge in [0, 0.05) is 25.3 Å². The van der Waals surface area contributed by atoms with Crippen molar-refractivity contribution in [3.63, 3.8) is 0 Å². The first-order valence-electron chi connectivity index (χ1n) is 8.50. The van der Waals surface area contributed by atoms with Crippen molar-refractivity contribution in [3.05, 3.63) is 23.9 Å². The summed E-state index contributed by atoms with van der Waals surface area (Å²) >= 11 is 6.17. The van der Waals surface area contributed by atoms with E-state index >= 15 is 0 Å². The van der Waals surface area contributed by atoms with E-state index in [-0.39, 0.29) is 19.7 Å². The molecule has 2 N–H and O–H groups in total.